The van der Waals surface area contributed by atoms with Gasteiger partial charge in [0, 0.05) is 12.7 Å². The molecule has 0 aliphatic carbocycles. The first-order chi connectivity index (χ1) is 9.44. The maximum atomic E-state index is 12.3. The van der Waals surface area contributed by atoms with E-state index in [1.807, 2.05) is 11.5 Å². The van der Waals surface area contributed by atoms with E-state index in [-0.39, 0.29) is 5.03 Å². The summed E-state index contributed by atoms with van der Waals surface area (Å²) in [5.74, 6) is 1.14. The van der Waals surface area contributed by atoms with Gasteiger partial charge in [0.15, 0.2) is 5.03 Å². The number of rotatable bonds is 6. The average Bonchev–Trinajstić information content (AvgIpc) is 3.00. The second kappa shape index (κ2) is 5.71. The molecular formula is C11H18N6O2S. The third kappa shape index (κ3) is 3.05. The van der Waals surface area contributed by atoms with Crippen LogP contribution in [-0.4, -0.2) is 33.2 Å². The summed E-state index contributed by atoms with van der Waals surface area (Å²) in [6.07, 6.45) is 3.80. The summed E-state index contributed by atoms with van der Waals surface area (Å²) in [6.45, 7) is 6.24. The molecule has 2 aromatic rings. The molecule has 0 bridgehead atoms. The minimum atomic E-state index is -3.68. The first-order valence-electron chi connectivity index (χ1n) is 6.35. The van der Waals surface area contributed by atoms with E-state index in [4.69, 9.17) is 0 Å². The van der Waals surface area contributed by atoms with Gasteiger partial charge >= 0.3 is 0 Å². The van der Waals surface area contributed by atoms with E-state index in [9.17, 15) is 8.42 Å². The minimum Gasteiger partial charge on any atom is -0.334 e. The number of aromatic amines is 1. The number of hydrogen-bond acceptors (Lipinski definition) is 5. The number of imidazole rings is 1. The van der Waals surface area contributed by atoms with Crippen molar-refractivity contribution in [3.05, 3.63) is 24.2 Å². The maximum Gasteiger partial charge on any atom is 0.260 e. The van der Waals surface area contributed by atoms with Crippen molar-refractivity contribution in [3.63, 3.8) is 0 Å². The topological polar surface area (TPSA) is 106 Å². The molecule has 0 aliphatic heterocycles. The van der Waals surface area contributed by atoms with Gasteiger partial charge < -0.3 is 4.57 Å². The van der Waals surface area contributed by atoms with Crippen LogP contribution in [0.4, 0.5) is 0 Å². The molecule has 0 radical (unpaired) electrons. The van der Waals surface area contributed by atoms with Gasteiger partial charge in [0.05, 0.1) is 6.04 Å². The molecule has 20 heavy (non-hydrogen) atoms. The minimum absolute atomic E-state index is 0.0230. The van der Waals surface area contributed by atoms with E-state index in [0.29, 0.717) is 11.6 Å². The molecule has 1 atom stereocenters. The van der Waals surface area contributed by atoms with Crippen molar-refractivity contribution in [2.45, 2.75) is 44.8 Å². The highest BCUT2D eigenvalue weighted by Crippen LogP contribution is 2.14. The Hall–Kier alpha value is -1.74. The van der Waals surface area contributed by atoms with Crippen LogP contribution in [0.25, 0.3) is 0 Å². The van der Waals surface area contributed by atoms with Crippen LogP contribution in [0.5, 0.6) is 0 Å². The summed E-state index contributed by atoms with van der Waals surface area (Å²) in [5.41, 5.74) is 0. The number of H-pyrrole nitrogens is 1. The van der Waals surface area contributed by atoms with E-state index < -0.39 is 16.1 Å². The van der Waals surface area contributed by atoms with E-state index >= 15 is 0 Å². The van der Waals surface area contributed by atoms with Gasteiger partial charge in [-0.1, -0.05) is 6.92 Å². The maximum absolute atomic E-state index is 12.3. The molecule has 110 valence electrons. The molecule has 8 nitrogen and oxygen atoms in total. The summed E-state index contributed by atoms with van der Waals surface area (Å²) >= 11 is 0. The fourth-order valence-electron chi connectivity index (χ4n) is 1.85. The van der Waals surface area contributed by atoms with Gasteiger partial charge in [0.1, 0.15) is 18.0 Å². The van der Waals surface area contributed by atoms with Gasteiger partial charge in [-0.2, -0.15) is 9.82 Å². The van der Waals surface area contributed by atoms with Crippen LogP contribution >= 0.6 is 0 Å². The Labute approximate surface area is 117 Å². The van der Waals surface area contributed by atoms with Crippen molar-refractivity contribution in [1.82, 2.24) is 29.5 Å². The number of nitrogens with zero attached hydrogens (tertiary/aromatic N) is 4. The first-order valence-corrected chi connectivity index (χ1v) is 7.83. The van der Waals surface area contributed by atoms with Crippen LogP contribution in [-0.2, 0) is 16.6 Å². The quantitative estimate of drug-likeness (QED) is 0.819. The highest BCUT2D eigenvalue weighted by molar-refractivity contribution is 7.89. The van der Waals surface area contributed by atoms with Crippen LogP contribution in [0, 0.1) is 6.92 Å². The second-order valence-electron chi connectivity index (χ2n) is 4.53. The zero-order valence-corrected chi connectivity index (χ0v) is 12.5. The molecule has 2 aromatic heterocycles. The molecule has 0 saturated carbocycles. The van der Waals surface area contributed by atoms with Crippen LogP contribution in [0.15, 0.2) is 17.6 Å². The van der Waals surface area contributed by atoms with Crippen molar-refractivity contribution in [1.29, 1.82) is 0 Å². The lowest BCUT2D eigenvalue weighted by atomic mass is 10.3. The highest BCUT2D eigenvalue weighted by atomic mass is 32.2. The molecule has 9 heteroatoms. The molecule has 0 saturated heterocycles. The van der Waals surface area contributed by atoms with E-state index in [1.54, 1.807) is 20.0 Å². The van der Waals surface area contributed by atoms with E-state index in [2.05, 4.69) is 24.9 Å². The number of sulfonamides is 1. The van der Waals surface area contributed by atoms with Gasteiger partial charge in [0.25, 0.3) is 10.0 Å². The Kier molecular flexibility index (Phi) is 4.19. The SMILES string of the molecule is CCCn1cc(S(=O)(=O)NC(C)c2ncn[nH]2)nc1C. The summed E-state index contributed by atoms with van der Waals surface area (Å²) in [6, 6.07) is -0.501. The zero-order valence-electron chi connectivity index (χ0n) is 11.7. The summed E-state index contributed by atoms with van der Waals surface area (Å²) < 4.78 is 28.9. The molecule has 2 N–H and O–H groups in total. The van der Waals surface area contributed by atoms with Crippen LogP contribution < -0.4 is 4.72 Å². The summed E-state index contributed by atoms with van der Waals surface area (Å²) in [4.78, 5) is 8.03. The Bertz CT molecular complexity index is 661. The normalized spacial score (nSPS) is 13.6. The van der Waals surface area contributed by atoms with Gasteiger partial charge in [-0.25, -0.2) is 18.4 Å². The Balaban J connectivity index is 2.20. The van der Waals surface area contributed by atoms with Gasteiger partial charge in [-0.15, -0.1) is 0 Å². The van der Waals surface area contributed by atoms with Crippen molar-refractivity contribution < 1.29 is 8.42 Å². The van der Waals surface area contributed by atoms with Crippen LogP contribution in [0.2, 0.25) is 0 Å². The van der Waals surface area contributed by atoms with E-state index in [1.165, 1.54) is 6.33 Å². The smallest absolute Gasteiger partial charge is 0.260 e. The Morgan fingerprint density at radius 2 is 2.25 bits per heavy atom. The summed E-state index contributed by atoms with van der Waals surface area (Å²) in [7, 11) is -3.68. The molecule has 0 spiro atoms. The van der Waals surface area contributed by atoms with Crippen LogP contribution in [0.3, 0.4) is 0 Å². The van der Waals surface area contributed by atoms with E-state index in [0.717, 1.165) is 13.0 Å². The molecule has 2 heterocycles. The third-order valence-electron chi connectivity index (χ3n) is 2.87. The van der Waals surface area contributed by atoms with Crippen molar-refractivity contribution in [2.24, 2.45) is 0 Å². The largest absolute Gasteiger partial charge is 0.334 e. The standard InChI is InChI=1S/C11H18N6O2S/c1-4-5-17-6-10(14-9(17)3)20(18,19)16-8(2)11-12-7-13-15-11/h6-8,16H,4-5H2,1-3H3,(H,12,13,15). The number of nitrogens with one attached hydrogen (secondary N) is 2. The second-order valence-corrected chi connectivity index (χ2v) is 6.19. The van der Waals surface area contributed by atoms with Gasteiger partial charge in [-0.3, -0.25) is 5.10 Å². The van der Waals surface area contributed by atoms with Crippen molar-refractivity contribution in [2.75, 3.05) is 0 Å². The van der Waals surface area contributed by atoms with Crippen LogP contribution in [0.1, 0.15) is 38.0 Å². The number of hydrogen-bond donors (Lipinski definition) is 2. The zero-order chi connectivity index (χ0) is 14.8. The van der Waals surface area contributed by atoms with Crippen molar-refractivity contribution >= 4 is 10.0 Å². The third-order valence-corrected chi connectivity index (χ3v) is 4.28. The fourth-order valence-corrected chi connectivity index (χ4v) is 3.06. The van der Waals surface area contributed by atoms with Crippen molar-refractivity contribution in [3.8, 4) is 0 Å². The van der Waals surface area contributed by atoms with Gasteiger partial charge in [0.2, 0.25) is 0 Å². The lowest BCUT2D eigenvalue weighted by Crippen LogP contribution is -2.28. The first kappa shape index (κ1) is 14.7. The van der Waals surface area contributed by atoms with Gasteiger partial charge in [-0.05, 0) is 20.3 Å². The molecule has 2 rings (SSSR count). The molecule has 0 amide bonds. The fraction of sp³-hybridized carbons (Fsp3) is 0.545. The molecule has 0 fully saturated rings. The Morgan fingerprint density at radius 1 is 1.50 bits per heavy atom. The number of aromatic nitrogens is 5. The molecule has 0 aromatic carbocycles. The molecule has 1 unspecified atom stereocenters. The predicted octanol–water partition coefficient (Wildman–Crippen LogP) is 0.759. The monoisotopic (exact) mass is 298 g/mol. The molecule has 0 aliphatic rings. The molecular weight excluding hydrogens is 280 g/mol. The predicted molar refractivity (Wildman–Crippen MR) is 72.4 cm³/mol. The lowest BCUT2D eigenvalue weighted by Gasteiger charge is -2.09. The number of aryl methyl sites for hydroxylation is 2. The lowest BCUT2D eigenvalue weighted by molar-refractivity contribution is 0.557. The Morgan fingerprint density at radius 3 is 2.85 bits per heavy atom. The highest BCUT2D eigenvalue weighted by Gasteiger charge is 2.23. The average molecular weight is 298 g/mol. The summed E-state index contributed by atoms with van der Waals surface area (Å²) in [5, 5.41) is 6.36.